The molecule has 1 N–H and O–H groups in total. The van der Waals surface area contributed by atoms with Gasteiger partial charge >= 0.3 is 0 Å². The van der Waals surface area contributed by atoms with Gasteiger partial charge < -0.3 is 5.32 Å². The lowest BCUT2D eigenvalue weighted by Gasteiger charge is -2.21. The maximum atomic E-state index is 6.39. The largest absolute Gasteiger partial charge is 0.306 e. The summed E-state index contributed by atoms with van der Waals surface area (Å²) in [5.74, 6) is 0. The van der Waals surface area contributed by atoms with Crippen LogP contribution in [0.25, 0.3) is 10.1 Å². The van der Waals surface area contributed by atoms with Gasteiger partial charge in [-0.3, -0.25) is 0 Å². The van der Waals surface area contributed by atoms with Crippen LogP contribution in [0.15, 0.2) is 53.9 Å². The molecule has 0 saturated carbocycles. The first-order valence-electron chi connectivity index (χ1n) is 6.75. The molecule has 0 aliphatic rings. The molecule has 1 aromatic heterocycles. The molecule has 0 fully saturated rings. The van der Waals surface area contributed by atoms with Crippen LogP contribution >= 0.6 is 22.9 Å². The monoisotopic (exact) mass is 301 g/mol. The molecule has 3 heteroatoms. The molecule has 0 radical (unpaired) electrons. The van der Waals surface area contributed by atoms with E-state index in [1.54, 1.807) is 11.3 Å². The number of halogens is 1. The summed E-state index contributed by atoms with van der Waals surface area (Å²) in [5, 5.41) is 7.81. The number of nitrogens with one attached hydrogen (secondary N) is 1. The standard InChI is InChI=1S/C17H16ClNS/c1-2-19-16(13-7-3-4-9-15(13)18)14-8-5-6-12-10-11-20-17(12)14/h3-11,16,19H,2H2,1H3. The number of hydrogen-bond donors (Lipinski definition) is 1. The SMILES string of the molecule is CCNC(c1ccccc1Cl)c1cccc2ccsc12. The van der Waals surface area contributed by atoms with E-state index in [0.29, 0.717) is 0 Å². The Labute approximate surface area is 128 Å². The van der Waals surface area contributed by atoms with Crippen molar-refractivity contribution in [2.75, 3.05) is 6.54 Å². The number of thiophene rings is 1. The van der Waals surface area contributed by atoms with E-state index in [9.17, 15) is 0 Å². The van der Waals surface area contributed by atoms with Crippen molar-refractivity contribution in [1.29, 1.82) is 0 Å². The summed E-state index contributed by atoms with van der Waals surface area (Å²) < 4.78 is 1.33. The van der Waals surface area contributed by atoms with Gasteiger partial charge in [-0.25, -0.2) is 0 Å². The van der Waals surface area contributed by atoms with Crippen LogP contribution in [0, 0.1) is 0 Å². The summed E-state index contributed by atoms with van der Waals surface area (Å²) in [6.07, 6.45) is 0. The maximum absolute atomic E-state index is 6.39. The van der Waals surface area contributed by atoms with E-state index < -0.39 is 0 Å². The summed E-state index contributed by atoms with van der Waals surface area (Å²) >= 11 is 8.18. The fourth-order valence-electron chi connectivity index (χ4n) is 2.54. The van der Waals surface area contributed by atoms with Gasteiger partial charge in [0, 0.05) is 9.72 Å². The fraction of sp³-hybridized carbons (Fsp3) is 0.176. The van der Waals surface area contributed by atoms with Gasteiger partial charge in [-0.05, 0) is 40.6 Å². The van der Waals surface area contributed by atoms with Crippen LogP contribution in [0.5, 0.6) is 0 Å². The van der Waals surface area contributed by atoms with Crippen LogP contribution in [-0.4, -0.2) is 6.54 Å². The van der Waals surface area contributed by atoms with Crippen molar-refractivity contribution in [3.63, 3.8) is 0 Å². The van der Waals surface area contributed by atoms with Gasteiger partial charge in [0.05, 0.1) is 6.04 Å². The van der Waals surface area contributed by atoms with Crippen LogP contribution in [0.2, 0.25) is 5.02 Å². The van der Waals surface area contributed by atoms with Gasteiger partial charge in [0.1, 0.15) is 0 Å². The average Bonchev–Trinajstić information content (AvgIpc) is 2.94. The lowest BCUT2D eigenvalue weighted by molar-refractivity contribution is 0.635. The Morgan fingerprint density at radius 1 is 1.05 bits per heavy atom. The first kappa shape index (κ1) is 13.6. The average molecular weight is 302 g/mol. The Hall–Kier alpha value is -1.35. The Morgan fingerprint density at radius 2 is 1.85 bits per heavy atom. The van der Waals surface area contributed by atoms with Crippen molar-refractivity contribution in [3.05, 3.63) is 70.1 Å². The zero-order chi connectivity index (χ0) is 13.9. The molecule has 1 unspecified atom stereocenters. The van der Waals surface area contributed by atoms with Crippen molar-refractivity contribution < 1.29 is 0 Å². The van der Waals surface area contributed by atoms with Gasteiger partial charge in [0.15, 0.2) is 0 Å². The molecule has 2 aromatic carbocycles. The van der Waals surface area contributed by atoms with E-state index >= 15 is 0 Å². The van der Waals surface area contributed by atoms with E-state index in [-0.39, 0.29) is 6.04 Å². The smallest absolute Gasteiger partial charge is 0.0605 e. The summed E-state index contributed by atoms with van der Waals surface area (Å²) in [5.41, 5.74) is 2.43. The molecule has 1 atom stereocenters. The third-order valence-electron chi connectivity index (χ3n) is 3.44. The lowest BCUT2D eigenvalue weighted by atomic mass is 9.97. The summed E-state index contributed by atoms with van der Waals surface area (Å²) in [7, 11) is 0. The second-order valence-electron chi connectivity index (χ2n) is 4.70. The third kappa shape index (κ3) is 2.47. The highest BCUT2D eigenvalue weighted by atomic mass is 35.5. The second-order valence-corrected chi connectivity index (χ2v) is 6.02. The Kier molecular flexibility index (Phi) is 4.06. The minimum absolute atomic E-state index is 0.135. The molecule has 0 bridgehead atoms. The van der Waals surface area contributed by atoms with E-state index in [0.717, 1.165) is 17.1 Å². The minimum Gasteiger partial charge on any atom is -0.306 e. The molecule has 1 heterocycles. The number of fused-ring (bicyclic) bond motifs is 1. The summed E-state index contributed by atoms with van der Waals surface area (Å²) in [6, 6.07) is 16.8. The molecule has 0 spiro atoms. The van der Waals surface area contributed by atoms with Crippen LogP contribution in [-0.2, 0) is 0 Å². The van der Waals surface area contributed by atoms with Crippen molar-refractivity contribution in [2.24, 2.45) is 0 Å². The van der Waals surface area contributed by atoms with Crippen LogP contribution in [0.4, 0.5) is 0 Å². The molecule has 0 aliphatic carbocycles. The molecule has 1 nitrogen and oxygen atoms in total. The first-order valence-corrected chi connectivity index (χ1v) is 8.01. The van der Waals surface area contributed by atoms with Crippen molar-refractivity contribution in [3.8, 4) is 0 Å². The molecule has 0 saturated heterocycles. The van der Waals surface area contributed by atoms with E-state index in [2.05, 4.69) is 48.0 Å². The molecule has 0 aliphatic heterocycles. The van der Waals surface area contributed by atoms with Gasteiger partial charge in [0.2, 0.25) is 0 Å². The molecular weight excluding hydrogens is 286 g/mol. The van der Waals surface area contributed by atoms with Gasteiger partial charge in [0.25, 0.3) is 0 Å². The molecular formula is C17H16ClNS. The molecule has 3 aromatic rings. The Morgan fingerprint density at radius 3 is 2.65 bits per heavy atom. The highest BCUT2D eigenvalue weighted by Gasteiger charge is 2.18. The third-order valence-corrected chi connectivity index (χ3v) is 4.77. The highest BCUT2D eigenvalue weighted by molar-refractivity contribution is 7.17. The van der Waals surface area contributed by atoms with Crippen molar-refractivity contribution in [1.82, 2.24) is 5.32 Å². The summed E-state index contributed by atoms with van der Waals surface area (Å²) in [6.45, 7) is 3.02. The number of benzene rings is 2. The number of rotatable bonds is 4. The molecule has 0 amide bonds. The topological polar surface area (TPSA) is 12.0 Å². The second kappa shape index (κ2) is 5.96. The Balaban J connectivity index is 2.16. The molecule has 3 rings (SSSR count). The first-order chi connectivity index (χ1) is 9.81. The normalized spacial score (nSPS) is 12.7. The zero-order valence-electron chi connectivity index (χ0n) is 11.3. The van der Waals surface area contributed by atoms with Gasteiger partial charge in [-0.2, -0.15) is 0 Å². The lowest BCUT2D eigenvalue weighted by Crippen LogP contribution is -2.22. The summed E-state index contributed by atoms with van der Waals surface area (Å²) in [4.78, 5) is 0. The quantitative estimate of drug-likeness (QED) is 0.693. The van der Waals surface area contributed by atoms with Crippen LogP contribution in [0.1, 0.15) is 24.1 Å². The highest BCUT2D eigenvalue weighted by Crippen LogP contribution is 2.34. The zero-order valence-corrected chi connectivity index (χ0v) is 12.8. The Bertz CT molecular complexity index is 720. The van der Waals surface area contributed by atoms with Crippen molar-refractivity contribution in [2.45, 2.75) is 13.0 Å². The maximum Gasteiger partial charge on any atom is 0.0605 e. The van der Waals surface area contributed by atoms with Gasteiger partial charge in [-0.1, -0.05) is 54.9 Å². The van der Waals surface area contributed by atoms with Gasteiger partial charge in [-0.15, -0.1) is 11.3 Å². The molecule has 20 heavy (non-hydrogen) atoms. The fourth-order valence-corrected chi connectivity index (χ4v) is 3.73. The van der Waals surface area contributed by atoms with E-state index in [1.165, 1.54) is 15.6 Å². The van der Waals surface area contributed by atoms with Crippen LogP contribution in [0.3, 0.4) is 0 Å². The van der Waals surface area contributed by atoms with Crippen molar-refractivity contribution >= 4 is 33.0 Å². The minimum atomic E-state index is 0.135. The molecule has 102 valence electrons. The van der Waals surface area contributed by atoms with E-state index in [4.69, 9.17) is 11.6 Å². The predicted octanol–water partition coefficient (Wildman–Crippen LogP) is 5.25. The predicted molar refractivity (Wildman–Crippen MR) is 88.8 cm³/mol. The van der Waals surface area contributed by atoms with Crippen LogP contribution < -0.4 is 5.32 Å². The number of hydrogen-bond acceptors (Lipinski definition) is 2. The van der Waals surface area contributed by atoms with E-state index in [1.807, 2.05) is 18.2 Å².